The predicted octanol–water partition coefficient (Wildman–Crippen LogP) is 2.55. The molecule has 0 saturated carbocycles. The Balaban J connectivity index is 0.000000204. The fourth-order valence-corrected chi connectivity index (χ4v) is 1.22. The van der Waals surface area contributed by atoms with E-state index in [1.807, 2.05) is 0 Å². The van der Waals surface area contributed by atoms with E-state index in [0.717, 1.165) is 12.3 Å². The van der Waals surface area contributed by atoms with Crippen LogP contribution < -0.4 is 5.73 Å². The lowest BCUT2D eigenvalue weighted by atomic mass is 10.3. The van der Waals surface area contributed by atoms with Crippen molar-refractivity contribution in [3.8, 4) is 0 Å². The van der Waals surface area contributed by atoms with Gasteiger partial charge in [-0.05, 0) is 19.9 Å². The number of nitrogens with zero attached hydrogens (tertiary/aromatic N) is 3. The molecule has 0 aliphatic rings. The van der Waals surface area contributed by atoms with Crippen LogP contribution in [0.25, 0.3) is 0 Å². The van der Waals surface area contributed by atoms with Crippen LogP contribution in [0.15, 0.2) is 24.5 Å². The van der Waals surface area contributed by atoms with Gasteiger partial charge in [-0.25, -0.2) is 9.97 Å². The van der Waals surface area contributed by atoms with Crippen LogP contribution in [0.3, 0.4) is 0 Å². The summed E-state index contributed by atoms with van der Waals surface area (Å²) in [4.78, 5) is 16.1. The first-order valence-corrected chi connectivity index (χ1v) is 5.45. The number of aromatic nitrogens is 2. The molecule has 2 aromatic rings. The van der Waals surface area contributed by atoms with Crippen molar-refractivity contribution in [2.75, 3.05) is 5.73 Å². The van der Waals surface area contributed by atoms with Gasteiger partial charge in [-0.1, -0.05) is 0 Å². The summed E-state index contributed by atoms with van der Waals surface area (Å²) in [5.41, 5.74) is 6.26. The minimum Gasteiger partial charge on any atom is -0.397 e. The monoisotopic (exact) mass is 282 g/mol. The van der Waals surface area contributed by atoms with Crippen LogP contribution in [-0.2, 0) is 0 Å². The summed E-state index contributed by atoms with van der Waals surface area (Å²) < 4.78 is 24.8. The van der Waals surface area contributed by atoms with Gasteiger partial charge in [0.05, 0.1) is 16.8 Å². The molecular weight excluding hydrogens is 270 g/mol. The van der Waals surface area contributed by atoms with Gasteiger partial charge in [0.25, 0.3) is 5.69 Å². The number of halogens is 2. The number of nitrogen functional groups attached to an aromatic ring is 1. The molecule has 2 N–H and O–H groups in total. The smallest absolute Gasteiger partial charge is 0.288 e. The van der Waals surface area contributed by atoms with Gasteiger partial charge in [0, 0.05) is 17.2 Å². The SMILES string of the molecule is Cc1cc(N)cnc1F.Cc1cc([N+](=O)[O-])cnc1F. The van der Waals surface area contributed by atoms with Crippen molar-refractivity contribution < 1.29 is 13.7 Å². The highest BCUT2D eigenvalue weighted by Crippen LogP contribution is 2.12. The average Bonchev–Trinajstić information content (AvgIpc) is 2.38. The van der Waals surface area contributed by atoms with Crippen molar-refractivity contribution in [2.45, 2.75) is 13.8 Å². The van der Waals surface area contributed by atoms with Crippen LogP contribution in [0.2, 0.25) is 0 Å². The zero-order valence-electron chi connectivity index (χ0n) is 10.8. The van der Waals surface area contributed by atoms with Crippen molar-refractivity contribution >= 4 is 11.4 Å². The maximum atomic E-state index is 12.4. The van der Waals surface area contributed by atoms with E-state index in [1.165, 1.54) is 13.1 Å². The Morgan fingerprint density at radius 2 is 1.60 bits per heavy atom. The molecule has 0 unspecified atom stereocenters. The first-order chi connectivity index (χ1) is 9.31. The lowest BCUT2D eigenvalue weighted by Crippen LogP contribution is -1.93. The summed E-state index contributed by atoms with van der Waals surface area (Å²) in [6.45, 7) is 3.05. The lowest BCUT2D eigenvalue weighted by Gasteiger charge is -1.94. The number of rotatable bonds is 1. The third kappa shape index (κ3) is 4.23. The first-order valence-electron chi connectivity index (χ1n) is 5.45. The van der Waals surface area contributed by atoms with Crippen LogP contribution in [0.4, 0.5) is 20.2 Å². The molecule has 20 heavy (non-hydrogen) atoms. The summed E-state index contributed by atoms with van der Waals surface area (Å²) in [6, 6.07) is 2.69. The second-order valence-corrected chi connectivity index (χ2v) is 3.93. The molecule has 0 aliphatic heterocycles. The van der Waals surface area contributed by atoms with Crippen LogP contribution >= 0.6 is 0 Å². The Morgan fingerprint density at radius 3 is 2.00 bits per heavy atom. The van der Waals surface area contributed by atoms with E-state index in [2.05, 4.69) is 9.97 Å². The summed E-state index contributed by atoms with van der Waals surface area (Å²) in [7, 11) is 0. The van der Waals surface area contributed by atoms with Gasteiger partial charge in [-0.3, -0.25) is 10.1 Å². The van der Waals surface area contributed by atoms with E-state index < -0.39 is 16.8 Å². The van der Waals surface area contributed by atoms with E-state index in [0.29, 0.717) is 11.3 Å². The number of hydrogen-bond donors (Lipinski definition) is 1. The third-order valence-corrected chi connectivity index (χ3v) is 2.25. The first kappa shape index (κ1) is 15.4. The normalized spacial score (nSPS) is 9.60. The standard InChI is InChI=1S/C6H5FN2O2.C6H7FN2/c1-4-2-5(9(10)11)3-8-6(4)7;1-4-2-5(8)3-9-6(4)7/h2-3H,1H3;2-3H,8H2,1H3. The highest BCUT2D eigenvalue weighted by molar-refractivity contribution is 5.36. The lowest BCUT2D eigenvalue weighted by molar-refractivity contribution is -0.385. The Kier molecular flexibility index (Phi) is 5.01. The molecule has 0 saturated heterocycles. The minimum absolute atomic E-state index is 0.180. The molecule has 8 heteroatoms. The van der Waals surface area contributed by atoms with Crippen LogP contribution in [-0.4, -0.2) is 14.9 Å². The topological polar surface area (TPSA) is 94.9 Å². The minimum atomic E-state index is -0.671. The molecule has 6 nitrogen and oxygen atoms in total. The van der Waals surface area contributed by atoms with Crippen molar-refractivity contribution in [3.05, 3.63) is 57.7 Å². The maximum Gasteiger partial charge on any atom is 0.288 e. The van der Waals surface area contributed by atoms with Gasteiger partial charge in [0.2, 0.25) is 11.9 Å². The third-order valence-electron chi connectivity index (χ3n) is 2.25. The quantitative estimate of drug-likeness (QED) is 0.492. The predicted molar refractivity (Wildman–Crippen MR) is 68.9 cm³/mol. The Bertz CT molecular complexity index is 635. The number of pyridine rings is 2. The van der Waals surface area contributed by atoms with E-state index in [4.69, 9.17) is 5.73 Å². The number of anilines is 1. The molecule has 2 aromatic heterocycles. The molecular formula is C12H12F2N4O2. The van der Waals surface area contributed by atoms with Crippen LogP contribution in [0.5, 0.6) is 0 Å². The number of nitrogens with two attached hydrogens (primary N) is 1. The summed E-state index contributed by atoms with van der Waals surface area (Å²) in [5.74, 6) is -1.13. The van der Waals surface area contributed by atoms with E-state index >= 15 is 0 Å². The van der Waals surface area contributed by atoms with E-state index in [-0.39, 0.29) is 11.3 Å². The Hall–Kier alpha value is -2.64. The molecule has 0 aliphatic carbocycles. The van der Waals surface area contributed by atoms with Crippen molar-refractivity contribution in [3.63, 3.8) is 0 Å². The zero-order valence-corrected chi connectivity index (χ0v) is 10.8. The number of hydrogen-bond acceptors (Lipinski definition) is 5. The number of nitro groups is 1. The molecule has 0 atom stereocenters. The van der Waals surface area contributed by atoms with Gasteiger partial charge >= 0.3 is 0 Å². The molecule has 0 amide bonds. The van der Waals surface area contributed by atoms with E-state index in [9.17, 15) is 18.9 Å². The van der Waals surface area contributed by atoms with Crippen LogP contribution in [0, 0.1) is 35.9 Å². The molecule has 106 valence electrons. The summed E-state index contributed by atoms with van der Waals surface area (Å²) in [6.07, 6.45) is 2.19. The molecule has 0 bridgehead atoms. The molecule has 0 spiro atoms. The average molecular weight is 282 g/mol. The zero-order chi connectivity index (χ0) is 15.3. The highest BCUT2D eigenvalue weighted by atomic mass is 19.1. The maximum absolute atomic E-state index is 12.4. The van der Waals surface area contributed by atoms with Gasteiger partial charge < -0.3 is 5.73 Å². The second-order valence-electron chi connectivity index (χ2n) is 3.93. The molecule has 2 rings (SSSR count). The molecule has 0 fully saturated rings. The van der Waals surface area contributed by atoms with Gasteiger partial charge in [0.1, 0.15) is 6.20 Å². The molecule has 0 radical (unpaired) electrons. The van der Waals surface area contributed by atoms with Gasteiger partial charge in [-0.15, -0.1) is 0 Å². The summed E-state index contributed by atoms with van der Waals surface area (Å²) in [5, 5.41) is 10.1. The van der Waals surface area contributed by atoms with Crippen molar-refractivity contribution in [1.82, 2.24) is 9.97 Å². The second kappa shape index (κ2) is 6.50. The Labute approximate surface area is 113 Å². The molecule has 2 heterocycles. The number of aryl methyl sites for hydroxylation is 2. The van der Waals surface area contributed by atoms with Gasteiger partial charge in [0.15, 0.2) is 0 Å². The highest BCUT2D eigenvalue weighted by Gasteiger charge is 2.07. The van der Waals surface area contributed by atoms with E-state index in [1.54, 1.807) is 13.0 Å². The largest absolute Gasteiger partial charge is 0.397 e. The van der Waals surface area contributed by atoms with Crippen molar-refractivity contribution in [2.24, 2.45) is 0 Å². The van der Waals surface area contributed by atoms with Gasteiger partial charge in [-0.2, -0.15) is 8.78 Å². The fraction of sp³-hybridized carbons (Fsp3) is 0.167. The van der Waals surface area contributed by atoms with Crippen molar-refractivity contribution in [1.29, 1.82) is 0 Å². The summed E-state index contributed by atoms with van der Waals surface area (Å²) >= 11 is 0. The fourth-order valence-electron chi connectivity index (χ4n) is 1.22. The molecule has 0 aromatic carbocycles. The van der Waals surface area contributed by atoms with Crippen LogP contribution in [0.1, 0.15) is 11.1 Å². The Morgan fingerprint density at radius 1 is 1.10 bits per heavy atom.